The van der Waals surface area contributed by atoms with Gasteiger partial charge in [0, 0.05) is 24.5 Å². The van der Waals surface area contributed by atoms with E-state index in [1.165, 1.54) is 41.4 Å². The van der Waals surface area contributed by atoms with Crippen molar-refractivity contribution in [2.45, 2.75) is 24.4 Å². The lowest BCUT2D eigenvalue weighted by atomic mass is 10.1. The molecule has 0 atom stereocenters. The zero-order valence-corrected chi connectivity index (χ0v) is 16.7. The van der Waals surface area contributed by atoms with Gasteiger partial charge in [0.1, 0.15) is 5.75 Å². The number of phenolic OH excluding ortho intramolecular Hbond substituents is 1. The molecule has 0 saturated carbocycles. The van der Waals surface area contributed by atoms with E-state index in [-0.39, 0.29) is 17.4 Å². The van der Waals surface area contributed by atoms with Gasteiger partial charge < -0.3 is 15.3 Å². The van der Waals surface area contributed by atoms with Gasteiger partial charge in [-0.25, -0.2) is 0 Å². The van der Waals surface area contributed by atoms with Crippen molar-refractivity contribution in [3.8, 4) is 11.4 Å². The van der Waals surface area contributed by atoms with Crippen molar-refractivity contribution < 1.29 is 9.90 Å². The zero-order chi connectivity index (χ0) is 20.1. The van der Waals surface area contributed by atoms with Crippen LogP contribution in [0, 0.1) is 0 Å². The van der Waals surface area contributed by atoms with Crippen molar-refractivity contribution >= 4 is 29.0 Å². The molecule has 1 saturated heterocycles. The van der Waals surface area contributed by atoms with Crippen LogP contribution in [0.25, 0.3) is 5.69 Å². The number of rotatable bonds is 6. The van der Waals surface area contributed by atoms with Crippen LogP contribution in [0.5, 0.6) is 5.75 Å². The van der Waals surface area contributed by atoms with E-state index in [0.717, 1.165) is 18.8 Å². The summed E-state index contributed by atoms with van der Waals surface area (Å²) in [5.74, 6) is 0.231. The first kappa shape index (κ1) is 19.3. The molecule has 1 fully saturated rings. The number of benzene rings is 2. The summed E-state index contributed by atoms with van der Waals surface area (Å²) in [6.07, 6.45) is 3.77. The Morgan fingerprint density at radius 2 is 1.69 bits per heavy atom. The highest BCUT2D eigenvalue weighted by atomic mass is 32.2. The number of carbonyl (C=O) groups excluding carboxylic acids is 1. The number of amides is 1. The predicted octanol–water partition coefficient (Wildman–Crippen LogP) is 3.09. The molecule has 1 amide bonds. The number of thioether (sulfide) groups is 1. The molecule has 0 spiro atoms. The summed E-state index contributed by atoms with van der Waals surface area (Å²) >= 11 is 1.25. The lowest BCUT2D eigenvalue weighted by molar-refractivity contribution is -0.113. The Balaban J connectivity index is 1.33. The summed E-state index contributed by atoms with van der Waals surface area (Å²) in [4.78, 5) is 14.7. The molecule has 0 aliphatic carbocycles. The van der Waals surface area contributed by atoms with Crippen LogP contribution in [0.2, 0.25) is 0 Å². The van der Waals surface area contributed by atoms with Crippen molar-refractivity contribution in [2.75, 3.05) is 29.1 Å². The van der Waals surface area contributed by atoms with Crippen LogP contribution in [0.15, 0.2) is 53.7 Å². The minimum atomic E-state index is -0.124. The standard InChI is InChI=1S/C20H22N6O2S/c27-18-10-8-17(9-11-18)26-20(22-23-24-26)29-14-19(28)21-15-4-6-16(7-5-15)25-12-2-1-3-13-25/h4-11,27H,1-3,12-14H2,(H,21,28). The SMILES string of the molecule is O=C(CSc1nnnn1-c1ccc(O)cc1)Nc1ccc(N2CCCCC2)cc1. The fourth-order valence-electron chi connectivity index (χ4n) is 3.26. The Morgan fingerprint density at radius 1 is 1.00 bits per heavy atom. The first-order valence-electron chi connectivity index (χ1n) is 9.54. The van der Waals surface area contributed by atoms with Gasteiger partial charge in [-0.15, -0.1) is 5.10 Å². The molecule has 29 heavy (non-hydrogen) atoms. The molecule has 3 aromatic rings. The number of nitrogens with one attached hydrogen (secondary N) is 1. The number of hydrogen-bond donors (Lipinski definition) is 2. The van der Waals surface area contributed by atoms with Crippen molar-refractivity contribution in [1.29, 1.82) is 0 Å². The number of piperidine rings is 1. The molecule has 4 rings (SSSR count). The highest BCUT2D eigenvalue weighted by molar-refractivity contribution is 7.99. The van der Waals surface area contributed by atoms with Gasteiger partial charge in [-0.05, 0) is 78.2 Å². The summed E-state index contributed by atoms with van der Waals surface area (Å²) in [7, 11) is 0. The molecule has 9 heteroatoms. The summed E-state index contributed by atoms with van der Waals surface area (Å²) in [6.45, 7) is 2.19. The van der Waals surface area contributed by atoms with E-state index in [2.05, 4.69) is 37.9 Å². The van der Waals surface area contributed by atoms with E-state index >= 15 is 0 Å². The number of tetrazole rings is 1. The Bertz CT molecular complexity index is 952. The largest absolute Gasteiger partial charge is 0.508 e. The second kappa shape index (κ2) is 8.95. The fraction of sp³-hybridized carbons (Fsp3) is 0.300. The first-order valence-corrected chi connectivity index (χ1v) is 10.5. The number of nitrogens with zero attached hydrogens (tertiary/aromatic N) is 5. The van der Waals surface area contributed by atoms with E-state index in [1.54, 1.807) is 24.3 Å². The van der Waals surface area contributed by atoms with Gasteiger partial charge in [0.25, 0.3) is 0 Å². The molecule has 150 valence electrons. The average molecular weight is 411 g/mol. The summed E-state index contributed by atoms with van der Waals surface area (Å²) in [6, 6.07) is 14.5. The highest BCUT2D eigenvalue weighted by Crippen LogP contribution is 2.23. The average Bonchev–Trinajstić information content (AvgIpc) is 3.23. The van der Waals surface area contributed by atoms with E-state index in [0.29, 0.717) is 10.8 Å². The second-order valence-electron chi connectivity index (χ2n) is 6.82. The van der Waals surface area contributed by atoms with Crippen molar-refractivity contribution in [2.24, 2.45) is 0 Å². The molecule has 8 nitrogen and oxygen atoms in total. The van der Waals surface area contributed by atoms with Crippen LogP contribution in [0.1, 0.15) is 19.3 Å². The Hall–Kier alpha value is -3.07. The van der Waals surface area contributed by atoms with Gasteiger partial charge in [0.15, 0.2) is 0 Å². The molecule has 2 N–H and O–H groups in total. The molecular weight excluding hydrogens is 388 g/mol. The van der Waals surface area contributed by atoms with Crippen molar-refractivity contribution in [3.63, 3.8) is 0 Å². The minimum absolute atomic E-state index is 0.124. The smallest absolute Gasteiger partial charge is 0.234 e. The van der Waals surface area contributed by atoms with Crippen LogP contribution >= 0.6 is 11.8 Å². The molecular formula is C20H22N6O2S. The third kappa shape index (κ3) is 4.86. The van der Waals surface area contributed by atoms with Gasteiger partial charge >= 0.3 is 0 Å². The minimum Gasteiger partial charge on any atom is -0.508 e. The van der Waals surface area contributed by atoms with Gasteiger partial charge in [0.05, 0.1) is 11.4 Å². The Morgan fingerprint density at radius 3 is 2.41 bits per heavy atom. The zero-order valence-electron chi connectivity index (χ0n) is 15.9. The monoisotopic (exact) mass is 410 g/mol. The molecule has 0 bridgehead atoms. The topological polar surface area (TPSA) is 96.2 Å². The van der Waals surface area contributed by atoms with Gasteiger partial charge in [-0.3, -0.25) is 4.79 Å². The summed E-state index contributed by atoms with van der Waals surface area (Å²) in [5, 5.41) is 24.4. The summed E-state index contributed by atoms with van der Waals surface area (Å²) < 4.78 is 1.53. The predicted molar refractivity (Wildman–Crippen MR) is 113 cm³/mol. The highest BCUT2D eigenvalue weighted by Gasteiger charge is 2.13. The lowest BCUT2D eigenvalue weighted by Crippen LogP contribution is -2.29. The number of phenols is 1. The molecule has 2 heterocycles. The second-order valence-corrected chi connectivity index (χ2v) is 7.76. The van der Waals surface area contributed by atoms with Crippen LogP contribution in [0.4, 0.5) is 11.4 Å². The van der Waals surface area contributed by atoms with Gasteiger partial charge in [-0.2, -0.15) is 4.68 Å². The third-order valence-corrected chi connectivity index (χ3v) is 5.66. The Labute approximate surface area is 172 Å². The van der Waals surface area contributed by atoms with E-state index in [9.17, 15) is 9.90 Å². The van der Waals surface area contributed by atoms with Gasteiger partial charge in [-0.1, -0.05) is 11.8 Å². The van der Waals surface area contributed by atoms with Crippen LogP contribution < -0.4 is 10.2 Å². The third-order valence-electron chi connectivity index (χ3n) is 4.74. The van der Waals surface area contributed by atoms with Crippen molar-refractivity contribution in [1.82, 2.24) is 20.2 Å². The normalized spacial score (nSPS) is 14.0. The van der Waals surface area contributed by atoms with Crippen LogP contribution in [-0.2, 0) is 4.79 Å². The molecule has 0 radical (unpaired) electrons. The molecule has 1 aliphatic rings. The number of aromatic hydroxyl groups is 1. The first-order chi connectivity index (χ1) is 14.2. The molecule has 2 aromatic carbocycles. The molecule has 1 aliphatic heterocycles. The Kier molecular flexibility index (Phi) is 5.95. The van der Waals surface area contributed by atoms with Crippen molar-refractivity contribution in [3.05, 3.63) is 48.5 Å². The number of hydrogen-bond acceptors (Lipinski definition) is 7. The van der Waals surface area contributed by atoms with E-state index in [4.69, 9.17) is 0 Å². The maximum atomic E-state index is 12.3. The van der Waals surface area contributed by atoms with E-state index < -0.39 is 0 Å². The quantitative estimate of drug-likeness (QED) is 0.603. The molecule has 1 aromatic heterocycles. The van der Waals surface area contributed by atoms with Gasteiger partial charge in [0.2, 0.25) is 11.1 Å². The van der Waals surface area contributed by atoms with Crippen LogP contribution in [0.3, 0.4) is 0 Å². The fourth-order valence-corrected chi connectivity index (χ4v) is 3.95. The lowest BCUT2D eigenvalue weighted by Gasteiger charge is -2.28. The van der Waals surface area contributed by atoms with E-state index in [1.807, 2.05) is 12.1 Å². The summed E-state index contributed by atoms with van der Waals surface area (Å²) in [5.41, 5.74) is 2.68. The number of anilines is 2. The van der Waals surface area contributed by atoms with Crippen LogP contribution in [-0.4, -0.2) is 50.1 Å². The maximum Gasteiger partial charge on any atom is 0.234 e. The molecule has 0 unspecified atom stereocenters. The number of carbonyl (C=O) groups is 1. The number of aromatic nitrogens is 4. The maximum absolute atomic E-state index is 12.3.